The molecule has 3 rings (SSSR count). The Labute approximate surface area is 136 Å². The zero-order valence-electron chi connectivity index (χ0n) is 14.1. The number of aliphatic carboxylic acids is 1. The molecule has 3 aliphatic carbocycles. The third-order valence-electron chi connectivity index (χ3n) is 7.18. The monoisotopic (exact) mass is 322 g/mol. The van der Waals surface area contributed by atoms with Gasteiger partial charge in [0.2, 0.25) is 11.8 Å². The van der Waals surface area contributed by atoms with Crippen molar-refractivity contribution >= 4 is 17.8 Å². The van der Waals surface area contributed by atoms with Crippen LogP contribution in [0, 0.1) is 28.1 Å². The minimum absolute atomic E-state index is 0.0393. The summed E-state index contributed by atoms with van der Waals surface area (Å²) in [6.07, 6.45) is 5.34. The number of nitrogens with one attached hydrogen (secondary N) is 2. The van der Waals surface area contributed by atoms with Gasteiger partial charge in [0, 0.05) is 11.8 Å². The SMILES string of the molecule is CC1(C)[C@@H](C(=O)NNC(=O)[C@@H]2CC23CCC3)CC[C@@]1(C)C(=O)O. The molecule has 3 atom stereocenters. The van der Waals surface area contributed by atoms with Crippen LogP contribution in [0.1, 0.15) is 59.3 Å². The molecule has 6 nitrogen and oxygen atoms in total. The summed E-state index contributed by atoms with van der Waals surface area (Å²) < 4.78 is 0. The van der Waals surface area contributed by atoms with E-state index in [9.17, 15) is 19.5 Å². The molecular formula is C17H26N2O4. The molecule has 3 fully saturated rings. The van der Waals surface area contributed by atoms with Crippen molar-refractivity contribution in [1.29, 1.82) is 0 Å². The predicted molar refractivity (Wildman–Crippen MR) is 82.9 cm³/mol. The van der Waals surface area contributed by atoms with Gasteiger partial charge in [-0.2, -0.15) is 0 Å². The molecule has 0 saturated heterocycles. The topological polar surface area (TPSA) is 95.5 Å². The lowest BCUT2D eigenvalue weighted by atomic mass is 9.65. The van der Waals surface area contributed by atoms with Gasteiger partial charge in [0.1, 0.15) is 0 Å². The maximum Gasteiger partial charge on any atom is 0.309 e. The van der Waals surface area contributed by atoms with Gasteiger partial charge in [0.15, 0.2) is 0 Å². The highest BCUT2D eigenvalue weighted by Crippen LogP contribution is 2.65. The van der Waals surface area contributed by atoms with Crippen molar-refractivity contribution in [3.63, 3.8) is 0 Å². The Bertz CT molecular complexity index is 567. The van der Waals surface area contributed by atoms with E-state index in [2.05, 4.69) is 10.9 Å². The minimum atomic E-state index is -0.925. The summed E-state index contributed by atoms with van der Waals surface area (Å²) in [5.74, 6) is -1.63. The second-order valence-corrected chi connectivity index (χ2v) is 8.40. The number of amides is 2. The van der Waals surface area contributed by atoms with Gasteiger partial charge >= 0.3 is 5.97 Å². The second-order valence-electron chi connectivity index (χ2n) is 8.40. The third-order valence-corrected chi connectivity index (χ3v) is 7.18. The molecule has 2 amide bonds. The Morgan fingerprint density at radius 1 is 0.957 bits per heavy atom. The van der Waals surface area contributed by atoms with Gasteiger partial charge in [0.05, 0.1) is 5.41 Å². The van der Waals surface area contributed by atoms with E-state index in [0.717, 1.165) is 19.3 Å². The first-order chi connectivity index (χ1) is 10.6. The standard InChI is InChI=1S/C17H26N2O4/c1-15(2)10(5-8-16(15,3)14(22)23)12(20)18-19-13(21)11-9-17(11)6-4-7-17/h10-11H,4-9H2,1-3H3,(H,18,20)(H,19,21)(H,22,23)/t10-,11+,16+/m1/s1. The lowest BCUT2D eigenvalue weighted by Crippen LogP contribution is -2.50. The summed E-state index contributed by atoms with van der Waals surface area (Å²) in [6.45, 7) is 5.35. The molecule has 0 aromatic rings. The molecule has 0 aromatic heterocycles. The normalized spacial score (nSPS) is 36.1. The van der Waals surface area contributed by atoms with E-state index in [0.29, 0.717) is 12.8 Å². The van der Waals surface area contributed by atoms with Gasteiger partial charge in [-0.25, -0.2) is 0 Å². The molecule has 3 N–H and O–H groups in total. The van der Waals surface area contributed by atoms with Crippen LogP contribution in [0.2, 0.25) is 0 Å². The number of carboxylic acid groups (broad SMARTS) is 1. The van der Waals surface area contributed by atoms with Crippen molar-refractivity contribution in [2.45, 2.75) is 59.3 Å². The summed E-state index contributed by atoms with van der Waals surface area (Å²) in [4.78, 5) is 36.1. The van der Waals surface area contributed by atoms with E-state index in [4.69, 9.17) is 0 Å². The maximum atomic E-state index is 12.4. The van der Waals surface area contributed by atoms with Gasteiger partial charge in [-0.1, -0.05) is 20.3 Å². The molecule has 0 aliphatic heterocycles. The molecule has 128 valence electrons. The number of rotatable bonds is 3. The molecule has 0 heterocycles. The van der Waals surface area contributed by atoms with Crippen molar-refractivity contribution in [3.8, 4) is 0 Å². The average molecular weight is 322 g/mol. The van der Waals surface area contributed by atoms with E-state index in [1.54, 1.807) is 6.92 Å². The van der Waals surface area contributed by atoms with Gasteiger partial charge in [-0.15, -0.1) is 0 Å². The Morgan fingerprint density at radius 2 is 1.52 bits per heavy atom. The highest BCUT2D eigenvalue weighted by molar-refractivity contribution is 5.88. The zero-order valence-corrected chi connectivity index (χ0v) is 14.1. The van der Waals surface area contributed by atoms with Crippen LogP contribution >= 0.6 is 0 Å². The number of hydrogen-bond donors (Lipinski definition) is 3. The number of hydrogen-bond acceptors (Lipinski definition) is 3. The van der Waals surface area contributed by atoms with E-state index >= 15 is 0 Å². The third kappa shape index (κ3) is 2.25. The Balaban J connectivity index is 1.57. The van der Waals surface area contributed by atoms with Crippen molar-refractivity contribution in [3.05, 3.63) is 0 Å². The van der Waals surface area contributed by atoms with Crippen LogP contribution < -0.4 is 10.9 Å². The van der Waals surface area contributed by atoms with Gasteiger partial charge < -0.3 is 5.11 Å². The van der Waals surface area contributed by atoms with E-state index in [1.807, 2.05) is 13.8 Å². The first kappa shape index (κ1) is 16.3. The van der Waals surface area contributed by atoms with Crippen LogP contribution in [0.25, 0.3) is 0 Å². The van der Waals surface area contributed by atoms with E-state index in [-0.39, 0.29) is 23.1 Å². The largest absolute Gasteiger partial charge is 0.481 e. The van der Waals surface area contributed by atoms with Gasteiger partial charge in [-0.3, -0.25) is 25.2 Å². The van der Waals surface area contributed by atoms with Gasteiger partial charge in [0.25, 0.3) is 0 Å². The van der Waals surface area contributed by atoms with Crippen molar-refractivity contribution in [1.82, 2.24) is 10.9 Å². The molecule has 23 heavy (non-hydrogen) atoms. The molecule has 3 saturated carbocycles. The predicted octanol–water partition coefficient (Wildman–Crippen LogP) is 1.85. The van der Waals surface area contributed by atoms with Crippen molar-refractivity contribution in [2.24, 2.45) is 28.1 Å². The first-order valence-electron chi connectivity index (χ1n) is 8.47. The summed E-state index contributed by atoms with van der Waals surface area (Å²) in [5, 5.41) is 9.50. The second kappa shape index (κ2) is 4.95. The van der Waals surface area contributed by atoms with Crippen molar-refractivity contribution < 1.29 is 19.5 Å². The highest BCUT2D eigenvalue weighted by Gasteiger charge is 2.61. The average Bonchev–Trinajstić information content (AvgIpc) is 3.14. The van der Waals surface area contributed by atoms with Crippen LogP contribution in [-0.4, -0.2) is 22.9 Å². The Morgan fingerprint density at radius 3 is 1.91 bits per heavy atom. The van der Waals surface area contributed by atoms with Crippen LogP contribution in [0.5, 0.6) is 0 Å². The van der Waals surface area contributed by atoms with Gasteiger partial charge in [-0.05, 0) is 49.9 Å². The number of carboxylic acids is 1. The quantitative estimate of drug-likeness (QED) is 0.691. The fraction of sp³-hybridized carbons (Fsp3) is 0.824. The molecule has 0 radical (unpaired) electrons. The van der Waals surface area contributed by atoms with E-state index in [1.165, 1.54) is 6.42 Å². The number of carbonyl (C=O) groups is 3. The molecule has 0 bridgehead atoms. The Kier molecular flexibility index (Phi) is 3.50. The van der Waals surface area contributed by atoms with Crippen molar-refractivity contribution in [2.75, 3.05) is 0 Å². The lowest BCUT2D eigenvalue weighted by Gasteiger charge is -2.37. The molecule has 3 aliphatic rings. The summed E-state index contributed by atoms with van der Waals surface area (Å²) in [5.41, 5.74) is 3.72. The summed E-state index contributed by atoms with van der Waals surface area (Å²) >= 11 is 0. The smallest absolute Gasteiger partial charge is 0.309 e. The maximum absolute atomic E-state index is 12.4. The summed E-state index contributed by atoms with van der Waals surface area (Å²) in [6, 6.07) is 0. The number of hydrazine groups is 1. The summed E-state index contributed by atoms with van der Waals surface area (Å²) in [7, 11) is 0. The molecule has 0 unspecified atom stereocenters. The number of carbonyl (C=O) groups excluding carboxylic acids is 2. The van der Waals surface area contributed by atoms with Crippen LogP contribution in [0.3, 0.4) is 0 Å². The van der Waals surface area contributed by atoms with Crippen LogP contribution in [0.4, 0.5) is 0 Å². The Hall–Kier alpha value is -1.59. The fourth-order valence-corrected chi connectivity index (χ4v) is 4.54. The minimum Gasteiger partial charge on any atom is -0.481 e. The zero-order chi connectivity index (χ0) is 17.0. The molecular weight excluding hydrogens is 296 g/mol. The van der Waals surface area contributed by atoms with Crippen LogP contribution in [0.15, 0.2) is 0 Å². The lowest BCUT2D eigenvalue weighted by molar-refractivity contribution is -0.155. The van der Waals surface area contributed by atoms with Crippen LogP contribution in [-0.2, 0) is 14.4 Å². The molecule has 0 aromatic carbocycles. The molecule has 1 spiro atoms. The fourth-order valence-electron chi connectivity index (χ4n) is 4.54. The highest BCUT2D eigenvalue weighted by atomic mass is 16.4. The molecule has 6 heteroatoms. The first-order valence-corrected chi connectivity index (χ1v) is 8.47. The van der Waals surface area contributed by atoms with E-state index < -0.39 is 22.7 Å².